The Bertz CT molecular complexity index is 1010. The predicted molar refractivity (Wildman–Crippen MR) is 109 cm³/mol. The highest BCUT2D eigenvalue weighted by atomic mass is 16.2. The van der Waals surface area contributed by atoms with Crippen LogP contribution >= 0.6 is 0 Å². The minimum absolute atomic E-state index is 0.0217. The summed E-state index contributed by atoms with van der Waals surface area (Å²) >= 11 is 0. The fourth-order valence-electron chi connectivity index (χ4n) is 3.10. The third kappa shape index (κ3) is 4.65. The molecule has 0 saturated heterocycles. The molecule has 1 heterocycles. The van der Waals surface area contributed by atoms with Crippen LogP contribution in [0.15, 0.2) is 54.7 Å². The lowest BCUT2D eigenvalue weighted by molar-refractivity contribution is -0.132. The summed E-state index contributed by atoms with van der Waals surface area (Å²) in [6.07, 6.45) is 2.60. The monoisotopic (exact) mass is 377 g/mol. The Balaban J connectivity index is 1.60. The number of fused-ring (bicyclic) bond motifs is 1. The van der Waals surface area contributed by atoms with E-state index in [9.17, 15) is 14.4 Å². The van der Waals surface area contributed by atoms with Crippen LogP contribution in [0.4, 0.5) is 5.69 Å². The second-order valence-corrected chi connectivity index (χ2v) is 6.73. The van der Waals surface area contributed by atoms with Gasteiger partial charge in [0.1, 0.15) is 0 Å². The summed E-state index contributed by atoms with van der Waals surface area (Å²) in [6.45, 7) is 3.39. The van der Waals surface area contributed by atoms with Gasteiger partial charge < -0.3 is 15.2 Å². The van der Waals surface area contributed by atoms with Gasteiger partial charge in [-0.2, -0.15) is 0 Å². The van der Waals surface area contributed by atoms with E-state index in [1.165, 1.54) is 18.7 Å². The molecule has 2 aromatic carbocycles. The molecule has 0 unspecified atom stereocenters. The Morgan fingerprint density at radius 3 is 2.39 bits per heavy atom. The summed E-state index contributed by atoms with van der Waals surface area (Å²) in [5.41, 5.74) is 3.35. The quantitative estimate of drug-likeness (QED) is 0.619. The van der Waals surface area contributed by atoms with E-state index >= 15 is 0 Å². The van der Waals surface area contributed by atoms with Crippen LogP contribution in [-0.4, -0.2) is 40.6 Å². The standard InChI is InChI=1S/C22H23N3O3/c1-15(26)17-7-9-19(10-8-17)24-22(28)14-25(16(2)27)12-11-18-13-23-21-6-4-3-5-20(18)21/h3-10,13,23H,11-12,14H2,1-2H3,(H,24,28). The fourth-order valence-corrected chi connectivity index (χ4v) is 3.10. The lowest BCUT2D eigenvalue weighted by Gasteiger charge is -2.20. The molecule has 28 heavy (non-hydrogen) atoms. The Hall–Kier alpha value is -3.41. The molecule has 1 aromatic heterocycles. The van der Waals surface area contributed by atoms with E-state index in [1.807, 2.05) is 30.5 Å². The predicted octanol–water partition coefficient (Wildman–Crippen LogP) is 3.40. The summed E-state index contributed by atoms with van der Waals surface area (Å²) in [6, 6.07) is 14.7. The molecule has 0 spiro atoms. The van der Waals surface area contributed by atoms with Crippen molar-refractivity contribution in [2.24, 2.45) is 0 Å². The number of carbonyl (C=O) groups excluding carboxylic acids is 3. The zero-order valence-electron chi connectivity index (χ0n) is 16.0. The molecule has 0 aliphatic heterocycles. The number of aromatic amines is 1. The molecule has 0 bridgehead atoms. The topological polar surface area (TPSA) is 82.3 Å². The number of rotatable bonds is 7. The molecule has 144 valence electrons. The molecule has 6 heteroatoms. The molecule has 0 saturated carbocycles. The van der Waals surface area contributed by atoms with E-state index in [2.05, 4.69) is 10.3 Å². The number of benzene rings is 2. The molecular formula is C22H23N3O3. The molecule has 2 N–H and O–H groups in total. The molecule has 2 amide bonds. The van der Waals surface area contributed by atoms with Crippen LogP contribution in [0.25, 0.3) is 10.9 Å². The van der Waals surface area contributed by atoms with Crippen molar-refractivity contribution in [2.45, 2.75) is 20.3 Å². The van der Waals surface area contributed by atoms with Gasteiger partial charge in [0.25, 0.3) is 0 Å². The van der Waals surface area contributed by atoms with Gasteiger partial charge in [-0.15, -0.1) is 0 Å². The first kappa shape index (κ1) is 19.4. The second kappa shape index (κ2) is 8.52. The van der Waals surface area contributed by atoms with Gasteiger partial charge in [-0.1, -0.05) is 18.2 Å². The summed E-state index contributed by atoms with van der Waals surface area (Å²) in [7, 11) is 0. The van der Waals surface area contributed by atoms with E-state index < -0.39 is 0 Å². The molecule has 3 aromatic rings. The summed E-state index contributed by atoms with van der Waals surface area (Å²) < 4.78 is 0. The maximum absolute atomic E-state index is 12.3. The average molecular weight is 377 g/mol. The first-order chi connectivity index (χ1) is 13.4. The zero-order valence-corrected chi connectivity index (χ0v) is 16.0. The van der Waals surface area contributed by atoms with Gasteiger partial charge in [0.05, 0.1) is 6.54 Å². The number of Topliss-reactive ketones (excluding diaryl/α,β-unsaturated/α-hetero) is 1. The van der Waals surface area contributed by atoms with Crippen molar-refractivity contribution < 1.29 is 14.4 Å². The van der Waals surface area contributed by atoms with E-state index in [1.54, 1.807) is 24.3 Å². The molecule has 0 aliphatic carbocycles. The lowest BCUT2D eigenvalue weighted by Crippen LogP contribution is -2.37. The lowest BCUT2D eigenvalue weighted by atomic mass is 10.1. The number of ketones is 1. The average Bonchev–Trinajstić information content (AvgIpc) is 3.08. The van der Waals surface area contributed by atoms with Crippen LogP contribution in [0.5, 0.6) is 0 Å². The highest BCUT2D eigenvalue weighted by molar-refractivity contribution is 5.96. The van der Waals surface area contributed by atoms with Crippen molar-refractivity contribution >= 4 is 34.2 Å². The number of aromatic nitrogens is 1. The maximum Gasteiger partial charge on any atom is 0.243 e. The molecule has 3 rings (SSSR count). The number of para-hydroxylation sites is 1. The van der Waals surface area contributed by atoms with Gasteiger partial charge in [-0.25, -0.2) is 0 Å². The minimum atomic E-state index is -0.273. The minimum Gasteiger partial charge on any atom is -0.361 e. The number of carbonyl (C=O) groups is 3. The second-order valence-electron chi connectivity index (χ2n) is 6.73. The van der Waals surface area contributed by atoms with E-state index in [-0.39, 0.29) is 24.1 Å². The fraction of sp³-hybridized carbons (Fsp3) is 0.227. The largest absolute Gasteiger partial charge is 0.361 e. The van der Waals surface area contributed by atoms with Crippen molar-refractivity contribution in [3.63, 3.8) is 0 Å². The van der Waals surface area contributed by atoms with Gasteiger partial charge in [-0.3, -0.25) is 14.4 Å². The number of nitrogens with zero attached hydrogens (tertiary/aromatic N) is 1. The van der Waals surface area contributed by atoms with Crippen molar-refractivity contribution in [3.8, 4) is 0 Å². The van der Waals surface area contributed by atoms with Gasteiger partial charge in [0, 0.05) is 41.8 Å². The van der Waals surface area contributed by atoms with Crippen molar-refractivity contribution in [3.05, 3.63) is 65.9 Å². The molecule has 0 radical (unpaired) electrons. The van der Waals surface area contributed by atoms with Gasteiger partial charge in [0.2, 0.25) is 11.8 Å². The Morgan fingerprint density at radius 1 is 1.00 bits per heavy atom. The Morgan fingerprint density at radius 2 is 1.71 bits per heavy atom. The summed E-state index contributed by atoms with van der Waals surface area (Å²) in [5.74, 6) is -0.454. The number of nitrogens with one attached hydrogen (secondary N) is 2. The Kier molecular flexibility index (Phi) is 5.89. The highest BCUT2D eigenvalue weighted by Gasteiger charge is 2.15. The smallest absolute Gasteiger partial charge is 0.243 e. The van der Waals surface area contributed by atoms with Gasteiger partial charge >= 0.3 is 0 Å². The normalized spacial score (nSPS) is 10.6. The van der Waals surface area contributed by atoms with Gasteiger partial charge in [-0.05, 0) is 49.2 Å². The molecule has 6 nitrogen and oxygen atoms in total. The van der Waals surface area contributed by atoms with E-state index in [4.69, 9.17) is 0 Å². The third-order valence-electron chi connectivity index (χ3n) is 4.68. The van der Waals surface area contributed by atoms with E-state index in [0.717, 1.165) is 16.5 Å². The SMILES string of the molecule is CC(=O)c1ccc(NC(=O)CN(CCc2c[nH]c3ccccc23)C(C)=O)cc1. The highest BCUT2D eigenvalue weighted by Crippen LogP contribution is 2.18. The third-order valence-corrected chi connectivity index (χ3v) is 4.68. The van der Waals surface area contributed by atoms with Gasteiger partial charge in [0.15, 0.2) is 5.78 Å². The number of anilines is 1. The summed E-state index contributed by atoms with van der Waals surface area (Å²) in [4.78, 5) is 40.4. The van der Waals surface area contributed by atoms with Crippen molar-refractivity contribution in [2.75, 3.05) is 18.4 Å². The molecule has 0 fully saturated rings. The van der Waals surface area contributed by atoms with Crippen LogP contribution in [0.2, 0.25) is 0 Å². The number of hydrogen-bond donors (Lipinski definition) is 2. The maximum atomic E-state index is 12.3. The van der Waals surface area contributed by atoms with Crippen molar-refractivity contribution in [1.29, 1.82) is 0 Å². The first-order valence-electron chi connectivity index (χ1n) is 9.15. The van der Waals surface area contributed by atoms with Crippen LogP contribution < -0.4 is 5.32 Å². The molecule has 0 aliphatic rings. The van der Waals surface area contributed by atoms with Crippen LogP contribution in [0.3, 0.4) is 0 Å². The zero-order chi connectivity index (χ0) is 20.1. The number of amides is 2. The number of hydrogen-bond acceptors (Lipinski definition) is 3. The van der Waals surface area contributed by atoms with E-state index in [0.29, 0.717) is 24.2 Å². The van der Waals surface area contributed by atoms with Crippen molar-refractivity contribution in [1.82, 2.24) is 9.88 Å². The number of H-pyrrole nitrogens is 1. The van der Waals surface area contributed by atoms with Crippen LogP contribution in [0, 0.1) is 0 Å². The Labute approximate surface area is 163 Å². The van der Waals surface area contributed by atoms with Crippen LogP contribution in [-0.2, 0) is 16.0 Å². The molecule has 0 atom stereocenters. The summed E-state index contributed by atoms with van der Waals surface area (Å²) in [5, 5.41) is 3.89. The first-order valence-corrected chi connectivity index (χ1v) is 9.15. The van der Waals surface area contributed by atoms with Crippen LogP contribution in [0.1, 0.15) is 29.8 Å². The molecular weight excluding hydrogens is 354 g/mol.